The van der Waals surface area contributed by atoms with Crippen molar-refractivity contribution in [2.75, 3.05) is 13.7 Å². The second kappa shape index (κ2) is 8.89. The van der Waals surface area contributed by atoms with Crippen molar-refractivity contribution < 1.29 is 19.1 Å². The summed E-state index contributed by atoms with van der Waals surface area (Å²) in [6.07, 6.45) is 0. The van der Waals surface area contributed by atoms with Gasteiger partial charge in [0.05, 0.1) is 19.7 Å². The van der Waals surface area contributed by atoms with Gasteiger partial charge >= 0.3 is 5.97 Å². The molecule has 0 fully saturated rings. The van der Waals surface area contributed by atoms with Crippen LogP contribution in [0.3, 0.4) is 0 Å². The molecule has 2 atom stereocenters. The minimum Gasteiger partial charge on any atom is -0.467 e. The maximum absolute atomic E-state index is 12.0. The highest BCUT2D eigenvalue weighted by Gasteiger charge is 2.24. The summed E-state index contributed by atoms with van der Waals surface area (Å²) in [6.45, 7) is 3.36. The van der Waals surface area contributed by atoms with Crippen molar-refractivity contribution in [3.05, 3.63) is 35.9 Å². The Labute approximate surface area is 135 Å². The van der Waals surface area contributed by atoms with E-state index in [4.69, 9.17) is 10.5 Å². The Morgan fingerprint density at radius 3 is 2.30 bits per heavy atom. The third-order valence-corrected chi connectivity index (χ3v) is 3.32. The third-order valence-electron chi connectivity index (χ3n) is 3.32. The minimum atomic E-state index is -0.927. The molecule has 0 aromatic heterocycles. The van der Waals surface area contributed by atoms with E-state index in [1.165, 1.54) is 7.11 Å². The monoisotopic (exact) mass is 321 g/mol. The van der Waals surface area contributed by atoms with Crippen LogP contribution < -0.4 is 16.4 Å². The molecule has 4 N–H and O–H groups in total. The average molecular weight is 321 g/mol. The van der Waals surface area contributed by atoms with Gasteiger partial charge < -0.3 is 21.1 Å². The Kier molecular flexibility index (Phi) is 7.21. The molecule has 126 valence electrons. The zero-order valence-corrected chi connectivity index (χ0v) is 13.5. The lowest BCUT2D eigenvalue weighted by atomic mass is 10.1. The normalized spacial score (nSPS) is 13.1. The summed E-state index contributed by atoms with van der Waals surface area (Å²) in [6, 6.07) is 7.09. The first kappa shape index (κ1) is 18.6. The summed E-state index contributed by atoms with van der Waals surface area (Å²) >= 11 is 0. The number of esters is 1. The summed E-state index contributed by atoms with van der Waals surface area (Å²) in [5.74, 6) is -1.54. The molecule has 1 aromatic rings. The van der Waals surface area contributed by atoms with E-state index in [-0.39, 0.29) is 12.5 Å². The van der Waals surface area contributed by atoms with Crippen LogP contribution in [0.4, 0.5) is 0 Å². The second-order valence-corrected chi connectivity index (χ2v) is 5.42. The number of nitrogens with one attached hydrogen (secondary N) is 2. The molecular weight excluding hydrogens is 298 g/mol. The molecule has 7 nitrogen and oxygen atoms in total. The van der Waals surface area contributed by atoms with Gasteiger partial charge in [-0.15, -0.1) is 0 Å². The molecule has 1 aromatic carbocycles. The van der Waals surface area contributed by atoms with Crippen molar-refractivity contribution in [1.29, 1.82) is 0 Å². The van der Waals surface area contributed by atoms with Crippen molar-refractivity contribution in [3.8, 4) is 0 Å². The SMILES string of the molecule is COC(=O)C(NC(=O)CNC(=O)[C@@H](N)C(C)C)c1ccccc1. The van der Waals surface area contributed by atoms with Gasteiger partial charge in [0.25, 0.3) is 0 Å². The fourth-order valence-corrected chi connectivity index (χ4v) is 1.84. The van der Waals surface area contributed by atoms with Crippen LogP contribution in [0.1, 0.15) is 25.5 Å². The number of carbonyl (C=O) groups is 3. The van der Waals surface area contributed by atoms with Gasteiger partial charge in [0.2, 0.25) is 11.8 Å². The van der Waals surface area contributed by atoms with Crippen LogP contribution in [0.2, 0.25) is 0 Å². The number of amides is 2. The minimum absolute atomic E-state index is 0.0369. The Bertz CT molecular complexity index is 546. The fourth-order valence-electron chi connectivity index (χ4n) is 1.84. The van der Waals surface area contributed by atoms with Crippen LogP contribution in [0.5, 0.6) is 0 Å². The Morgan fingerprint density at radius 2 is 1.78 bits per heavy atom. The van der Waals surface area contributed by atoms with Crippen LogP contribution in [0, 0.1) is 5.92 Å². The Balaban J connectivity index is 2.65. The smallest absolute Gasteiger partial charge is 0.333 e. The number of rotatable bonds is 7. The first-order chi connectivity index (χ1) is 10.9. The molecule has 0 aliphatic heterocycles. The van der Waals surface area contributed by atoms with Crippen molar-refractivity contribution >= 4 is 17.8 Å². The van der Waals surface area contributed by atoms with Gasteiger partial charge in [0.1, 0.15) is 0 Å². The lowest BCUT2D eigenvalue weighted by molar-refractivity contribution is -0.145. The molecule has 0 bridgehead atoms. The van der Waals surface area contributed by atoms with Gasteiger partial charge in [0.15, 0.2) is 6.04 Å². The van der Waals surface area contributed by atoms with E-state index in [2.05, 4.69) is 10.6 Å². The number of nitrogens with two attached hydrogens (primary N) is 1. The quantitative estimate of drug-likeness (QED) is 0.618. The zero-order valence-electron chi connectivity index (χ0n) is 13.5. The van der Waals surface area contributed by atoms with Gasteiger partial charge in [-0.05, 0) is 11.5 Å². The van der Waals surface area contributed by atoms with Gasteiger partial charge in [-0.25, -0.2) is 4.79 Å². The largest absolute Gasteiger partial charge is 0.467 e. The number of hydrogen-bond donors (Lipinski definition) is 3. The molecule has 0 aliphatic rings. The van der Waals surface area contributed by atoms with Crippen molar-refractivity contribution in [1.82, 2.24) is 10.6 Å². The van der Waals surface area contributed by atoms with Gasteiger partial charge in [-0.1, -0.05) is 44.2 Å². The number of methoxy groups -OCH3 is 1. The van der Waals surface area contributed by atoms with Gasteiger partial charge in [0, 0.05) is 0 Å². The summed E-state index contributed by atoms with van der Waals surface area (Å²) in [4.78, 5) is 35.5. The summed E-state index contributed by atoms with van der Waals surface area (Å²) in [5, 5.41) is 4.99. The predicted octanol–water partition coefficient (Wildman–Crippen LogP) is 0.116. The molecule has 1 unspecified atom stereocenters. The standard InChI is InChI=1S/C16H23N3O4/c1-10(2)13(17)15(21)18-9-12(20)19-14(16(22)23-3)11-7-5-4-6-8-11/h4-8,10,13-14H,9,17H2,1-3H3,(H,18,21)(H,19,20)/t13-,14?/m0/s1. The molecule has 0 spiro atoms. The van der Waals surface area contributed by atoms with E-state index in [0.29, 0.717) is 5.56 Å². The lowest BCUT2D eigenvalue weighted by Gasteiger charge is -2.18. The summed E-state index contributed by atoms with van der Waals surface area (Å²) in [5.41, 5.74) is 6.29. The van der Waals surface area contributed by atoms with Gasteiger partial charge in [-0.2, -0.15) is 0 Å². The summed E-state index contributed by atoms with van der Waals surface area (Å²) < 4.78 is 4.70. The molecule has 0 heterocycles. The van der Waals surface area contributed by atoms with Crippen LogP contribution >= 0.6 is 0 Å². The van der Waals surface area contributed by atoms with Crippen molar-refractivity contribution in [2.45, 2.75) is 25.9 Å². The molecule has 2 amide bonds. The molecule has 23 heavy (non-hydrogen) atoms. The van der Waals surface area contributed by atoms with Crippen LogP contribution in [0.25, 0.3) is 0 Å². The highest BCUT2D eigenvalue weighted by atomic mass is 16.5. The fraction of sp³-hybridized carbons (Fsp3) is 0.438. The molecule has 7 heteroatoms. The number of hydrogen-bond acceptors (Lipinski definition) is 5. The third kappa shape index (κ3) is 5.71. The summed E-state index contributed by atoms with van der Waals surface area (Å²) in [7, 11) is 1.24. The lowest BCUT2D eigenvalue weighted by Crippen LogP contribution is -2.48. The second-order valence-electron chi connectivity index (χ2n) is 5.42. The van der Waals surface area contributed by atoms with Crippen LogP contribution in [-0.4, -0.2) is 37.5 Å². The van der Waals surface area contributed by atoms with E-state index in [0.717, 1.165) is 0 Å². The first-order valence-corrected chi connectivity index (χ1v) is 7.32. The first-order valence-electron chi connectivity index (χ1n) is 7.32. The van der Waals surface area contributed by atoms with E-state index in [1.807, 2.05) is 13.8 Å². The molecule has 1 rings (SSSR count). The van der Waals surface area contributed by atoms with Gasteiger partial charge in [-0.3, -0.25) is 9.59 Å². The average Bonchev–Trinajstić information content (AvgIpc) is 2.56. The maximum Gasteiger partial charge on any atom is 0.333 e. The van der Waals surface area contributed by atoms with Crippen molar-refractivity contribution in [2.24, 2.45) is 11.7 Å². The number of ether oxygens (including phenoxy) is 1. The Morgan fingerprint density at radius 1 is 1.17 bits per heavy atom. The maximum atomic E-state index is 12.0. The highest BCUT2D eigenvalue weighted by molar-refractivity contribution is 5.90. The molecule has 0 saturated carbocycles. The van der Waals surface area contributed by atoms with Crippen LogP contribution in [-0.2, 0) is 19.1 Å². The highest BCUT2D eigenvalue weighted by Crippen LogP contribution is 2.13. The van der Waals surface area contributed by atoms with E-state index >= 15 is 0 Å². The molecule has 0 aliphatic carbocycles. The topological polar surface area (TPSA) is 111 Å². The molecule has 0 saturated heterocycles. The Hall–Kier alpha value is -2.41. The van der Waals surface area contributed by atoms with Crippen LogP contribution in [0.15, 0.2) is 30.3 Å². The van der Waals surface area contributed by atoms with E-state index in [1.54, 1.807) is 30.3 Å². The predicted molar refractivity (Wildman–Crippen MR) is 85.2 cm³/mol. The van der Waals surface area contributed by atoms with E-state index < -0.39 is 29.9 Å². The van der Waals surface area contributed by atoms with Crippen molar-refractivity contribution in [3.63, 3.8) is 0 Å². The zero-order chi connectivity index (χ0) is 17.4. The number of carbonyl (C=O) groups excluding carboxylic acids is 3. The molecular formula is C16H23N3O4. The van der Waals surface area contributed by atoms with E-state index in [9.17, 15) is 14.4 Å². The number of benzene rings is 1. The molecule has 0 radical (unpaired) electrons.